The zero-order valence-electron chi connectivity index (χ0n) is 40.4. The molecule has 3 atom stereocenters. The van der Waals surface area contributed by atoms with Crippen LogP contribution < -0.4 is 0 Å². The Bertz CT molecular complexity index is 1430. The maximum absolute atomic E-state index is 13.0. The molecule has 8 heteroatoms. The van der Waals surface area contributed by atoms with Crippen molar-refractivity contribution in [2.45, 2.75) is 209 Å². The Balaban J connectivity index is 0.00000245. The molecule has 3 unspecified atom stereocenters. The maximum Gasteiger partial charge on any atom is 0.508 e. The van der Waals surface area contributed by atoms with Crippen LogP contribution in [0.2, 0.25) is 0 Å². The second-order valence-corrected chi connectivity index (χ2v) is 19.5. The van der Waals surface area contributed by atoms with E-state index in [1.807, 2.05) is 18.2 Å². The number of rotatable bonds is 27. The van der Waals surface area contributed by atoms with Gasteiger partial charge in [-0.15, -0.1) is 0 Å². The molecule has 0 aromatic heterocycles. The number of ether oxygens (including phenoxy) is 4. The first kappa shape index (κ1) is 53.2. The number of fused-ring (bicyclic) bond motifs is 2. The quantitative estimate of drug-likeness (QED) is 0.0374. The fourth-order valence-corrected chi connectivity index (χ4v) is 9.90. The first-order valence-electron chi connectivity index (χ1n) is 25.3. The molecule has 2 bridgehead atoms. The fraction of sp³-hybridized carbons (Fsp3) is 0.759. The molecule has 352 valence electrons. The standard InChI is InChI=1S/C50H79NO7.C4H10/c1-5-7-8-9-10-11-12-13-14-15-16-17-18-19-20-23-47(52)55-37-44-30-45(32-46(31-44)39-58-49(54)57-36-41-22-21-26-51(6-2)35-41)38-56-48(53)24-25-50(4)33-42-27-40(3)28-43(29-42)34-50;1-3-4-2/h10-11,13-14,30-32,40-43H,5-9,12,15-29,33-39H2,1-4H3;3-4H2,1-2H3/b11-10-,14-13-;. The van der Waals surface area contributed by atoms with Crippen molar-refractivity contribution in [1.82, 2.24) is 4.90 Å². The van der Waals surface area contributed by atoms with Crippen LogP contribution in [-0.4, -0.2) is 49.2 Å². The van der Waals surface area contributed by atoms with Crippen molar-refractivity contribution in [1.29, 1.82) is 0 Å². The SMILES string of the molecule is CCCC.CCCCC/C=C\C/C=C\CCCCCCCC(=O)OCc1cc(COC(=O)CCC2(C)CC3CC(C)CC(C3)C2)cc(COC(=O)OCC2CCCN(CC)C2)c1. The second kappa shape index (κ2) is 31.7. The first-order chi connectivity index (χ1) is 30.0. The summed E-state index contributed by atoms with van der Waals surface area (Å²) in [5.41, 5.74) is 2.48. The number of carbonyl (C=O) groups is 3. The van der Waals surface area contributed by atoms with Crippen LogP contribution >= 0.6 is 0 Å². The van der Waals surface area contributed by atoms with E-state index in [-0.39, 0.29) is 37.2 Å². The molecule has 1 aliphatic heterocycles. The van der Waals surface area contributed by atoms with Crippen molar-refractivity contribution in [3.05, 3.63) is 59.2 Å². The van der Waals surface area contributed by atoms with E-state index >= 15 is 0 Å². The lowest BCUT2D eigenvalue weighted by Crippen LogP contribution is -2.37. The van der Waals surface area contributed by atoms with Crippen LogP contribution in [0.3, 0.4) is 0 Å². The van der Waals surface area contributed by atoms with Crippen molar-refractivity contribution < 1.29 is 33.3 Å². The molecule has 0 N–H and O–H groups in total. The lowest BCUT2D eigenvalue weighted by atomic mass is 9.58. The summed E-state index contributed by atoms with van der Waals surface area (Å²) in [5, 5.41) is 0. The van der Waals surface area contributed by atoms with Crippen LogP contribution in [-0.2, 0) is 48.4 Å². The molecule has 1 heterocycles. The van der Waals surface area contributed by atoms with Crippen LogP contribution in [0.1, 0.15) is 206 Å². The van der Waals surface area contributed by atoms with E-state index < -0.39 is 6.16 Å². The van der Waals surface area contributed by atoms with Gasteiger partial charge in [-0.05, 0) is 161 Å². The molecule has 4 rings (SSSR count). The van der Waals surface area contributed by atoms with E-state index in [4.69, 9.17) is 18.9 Å². The van der Waals surface area contributed by atoms with Gasteiger partial charge in [-0.3, -0.25) is 9.59 Å². The van der Waals surface area contributed by atoms with Crippen LogP contribution in [0.15, 0.2) is 42.5 Å². The Kier molecular flexibility index (Phi) is 27.2. The lowest BCUT2D eigenvalue weighted by Gasteiger charge is -2.47. The molecule has 62 heavy (non-hydrogen) atoms. The van der Waals surface area contributed by atoms with E-state index in [0.717, 1.165) is 105 Å². The molecule has 0 radical (unpaired) electrons. The highest BCUT2D eigenvalue weighted by atomic mass is 16.7. The van der Waals surface area contributed by atoms with Gasteiger partial charge >= 0.3 is 18.1 Å². The molecule has 2 aliphatic carbocycles. The third-order valence-electron chi connectivity index (χ3n) is 13.2. The number of esters is 2. The molecule has 8 nitrogen and oxygen atoms in total. The van der Waals surface area contributed by atoms with Gasteiger partial charge in [0.1, 0.15) is 19.8 Å². The number of unbranched alkanes of at least 4 members (excludes halogenated alkanes) is 9. The Labute approximate surface area is 378 Å². The monoisotopic (exact) mass is 864 g/mol. The van der Waals surface area contributed by atoms with Gasteiger partial charge in [-0.2, -0.15) is 0 Å². The summed E-state index contributed by atoms with van der Waals surface area (Å²) in [6.45, 7) is 17.1. The van der Waals surface area contributed by atoms with Crippen LogP contribution in [0.5, 0.6) is 0 Å². The minimum Gasteiger partial charge on any atom is -0.461 e. The minimum atomic E-state index is -0.689. The number of hydrogen-bond donors (Lipinski definition) is 0. The van der Waals surface area contributed by atoms with Gasteiger partial charge in [0.05, 0.1) is 6.61 Å². The number of benzene rings is 1. The summed E-state index contributed by atoms with van der Waals surface area (Å²) in [6, 6.07) is 5.68. The van der Waals surface area contributed by atoms with Crippen LogP contribution in [0.4, 0.5) is 4.79 Å². The number of carbonyl (C=O) groups excluding carboxylic acids is 3. The maximum atomic E-state index is 13.0. The molecule has 0 spiro atoms. The molecule has 1 aromatic carbocycles. The molecule has 2 saturated carbocycles. The predicted octanol–water partition coefficient (Wildman–Crippen LogP) is 14.4. The van der Waals surface area contributed by atoms with Gasteiger partial charge in [0.2, 0.25) is 0 Å². The molecule has 1 aromatic rings. The topological polar surface area (TPSA) is 91.4 Å². The number of hydrogen-bond acceptors (Lipinski definition) is 8. The zero-order chi connectivity index (χ0) is 44.8. The number of allylic oxidation sites excluding steroid dienone is 4. The fourth-order valence-electron chi connectivity index (χ4n) is 9.90. The van der Waals surface area contributed by atoms with E-state index in [2.05, 4.69) is 70.7 Å². The van der Waals surface area contributed by atoms with E-state index in [9.17, 15) is 14.4 Å². The summed E-state index contributed by atoms with van der Waals surface area (Å²) in [7, 11) is 0. The summed E-state index contributed by atoms with van der Waals surface area (Å²) in [5.74, 6) is 2.31. The van der Waals surface area contributed by atoms with Crippen molar-refractivity contribution in [3.8, 4) is 0 Å². The van der Waals surface area contributed by atoms with Gasteiger partial charge in [-0.1, -0.05) is 111 Å². The van der Waals surface area contributed by atoms with Crippen LogP contribution in [0.25, 0.3) is 0 Å². The second-order valence-electron chi connectivity index (χ2n) is 19.5. The van der Waals surface area contributed by atoms with E-state index in [1.54, 1.807) is 0 Å². The number of likely N-dealkylation sites (tertiary alicyclic amines) is 1. The summed E-state index contributed by atoms with van der Waals surface area (Å²) >= 11 is 0. The molecule has 3 aliphatic rings. The largest absolute Gasteiger partial charge is 0.508 e. The normalized spacial score (nSPS) is 22.5. The Morgan fingerprint density at radius 2 is 1.24 bits per heavy atom. The summed E-state index contributed by atoms with van der Waals surface area (Å²) in [4.78, 5) is 40.7. The van der Waals surface area contributed by atoms with Gasteiger partial charge < -0.3 is 23.8 Å². The average molecular weight is 864 g/mol. The Hall–Kier alpha value is -3.13. The van der Waals surface area contributed by atoms with Crippen molar-refractivity contribution >= 4 is 18.1 Å². The predicted molar refractivity (Wildman–Crippen MR) is 254 cm³/mol. The van der Waals surface area contributed by atoms with Crippen LogP contribution in [0, 0.1) is 29.1 Å². The first-order valence-corrected chi connectivity index (χ1v) is 25.3. The molecule has 1 saturated heterocycles. The molecular weight excluding hydrogens is 775 g/mol. The molecule has 0 amide bonds. The molecular formula is C54H89NO7. The Morgan fingerprint density at radius 3 is 1.84 bits per heavy atom. The van der Waals surface area contributed by atoms with Gasteiger partial charge in [0.15, 0.2) is 0 Å². The van der Waals surface area contributed by atoms with E-state index in [1.165, 1.54) is 83.5 Å². The highest BCUT2D eigenvalue weighted by Crippen LogP contribution is 2.52. The smallest absolute Gasteiger partial charge is 0.461 e. The highest BCUT2D eigenvalue weighted by molar-refractivity contribution is 5.69. The van der Waals surface area contributed by atoms with Gasteiger partial charge in [0, 0.05) is 25.3 Å². The average Bonchev–Trinajstić information content (AvgIpc) is 3.26. The summed E-state index contributed by atoms with van der Waals surface area (Å²) in [6.07, 6.45) is 33.8. The van der Waals surface area contributed by atoms with Crippen molar-refractivity contribution in [3.63, 3.8) is 0 Å². The van der Waals surface area contributed by atoms with Gasteiger partial charge in [-0.25, -0.2) is 4.79 Å². The number of nitrogens with zero attached hydrogens (tertiary/aromatic N) is 1. The Morgan fingerprint density at radius 1 is 0.677 bits per heavy atom. The zero-order valence-corrected chi connectivity index (χ0v) is 40.4. The number of piperidine rings is 1. The van der Waals surface area contributed by atoms with Gasteiger partial charge in [0.25, 0.3) is 0 Å². The van der Waals surface area contributed by atoms with Crippen molar-refractivity contribution in [2.24, 2.45) is 29.1 Å². The summed E-state index contributed by atoms with van der Waals surface area (Å²) < 4.78 is 22.5. The highest BCUT2D eigenvalue weighted by Gasteiger charge is 2.41. The van der Waals surface area contributed by atoms with E-state index in [0.29, 0.717) is 25.4 Å². The van der Waals surface area contributed by atoms with Crippen molar-refractivity contribution in [2.75, 3.05) is 26.2 Å². The molecule has 3 fully saturated rings. The third kappa shape index (κ3) is 23.5. The minimum absolute atomic E-state index is 0.0125. The third-order valence-corrected chi connectivity index (χ3v) is 13.2. The lowest BCUT2D eigenvalue weighted by molar-refractivity contribution is -0.146.